The summed E-state index contributed by atoms with van der Waals surface area (Å²) in [5, 5.41) is 11.6. The second-order valence-corrected chi connectivity index (χ2v) is 4.00. The highest BCUT2D eigenvalue weighted by molar-refractivity contribution is 6.06. The summed E-state index contributed by atoms with van der Waals surface area (Å²) in [5.74, 6) is -0.150. The molecule has 0 aliphatic carbocycles. The van der Waals surface area contributed by atoms with Gasteiger partial charge in [0.1, 0.15) is 11.1 Å². The maximum atomic E-state index is 12.0. The molecule has 7 nitrogen and oxygen atoms in total. The van der Waals surface area contributed by atoms with Crippen LogP contribution in [0, 0.1) is 6.92 Å². The third-order valence-electron chi connectivity index (χ3n) is 2.55. The second-order valence-electron chi connectivity index (χ2n) is 4.00. The zero-order chi connectivity index (χ0) is 13.3. The van der Waals surface area contributed by atoms with Crippen LogP contribution in [0.4, 0.5) is 0 Å². The maximum absolute atomic E-state index is 12.0. The molecular formula is C11H13N3O4. The molecule has 0 radical (unpaired) electrons. The molecule has 96 valence electrons. The Hall–Kier alpha value is -2.15. The van der Waals surface area contributed by atoms with Gasteiger partial charge < -0.3 is 19.8 Å². The molecule has 2 aromatic heterocycles. The molecule has 1 unspecified atom stereocenters. The summed E-state index contributed by atoms with van der Waals surface area (Å²) in [6.45, 7) is 3.05. The first-order valence-corrected chi connectivity index (χ1v) is 5.43. The monoisotopic (exact) mass is 251 g/mol. The standard InChI is InChI=1S/C11H13N3O4/c1-5(3-15)14-10(17)7-6(2)18-11-8(7)9(16)12-4-13-11/h4-5,15H,3H2,1-2H3,(H,14,17)(H,12,13,16). The number of carbonyl (C=O) groups excluding carboxylic acids is 1. The summed E-state index contributed by atoms with van der Waals surface area (Å²) in [5.41, 5.74) is -0.156. The number of nitrogens with zero attached hydrogens (tertiary/aromatic N) is 1. The van der Waals surface area contributed by atoms with Crippen molar-refractivity contribution in [3.8, 4) is 0 Å². The Morgan fingerprint density at radius 2 is 2.39 bits per heavy atom. The molecule has 1 amide bonds. The number of aliphatic hydroxyl groups excluding tert-OH is 1. The van der Waals surface area contributed by atoms with E-state index < -0.39 is 17.5 Å². The number of H-pyrrole nitrogens is 1. The van der Waals surface area contributed by atoms with Crippen LogP contribution in [0.15, 0.2) is 15.5 Å². The predicted molar refractivity (Wildman–Crippen MR) is 63.4 cm³/mol. The maximum Gasteiger partial charge on any atom is 0.262 e. The number of fused-ring (bicyclic) bond motifs is 1. The summed E-state index contributed by atoms with van der Waals surface area (Å²) in [4.78, 5) is 29.9. The number of aromatic nitrogens is 2. The van der Waals surface area contributed by atoms with E-state index >= 15 is 0 Å². The van der Waals surface area contributed by atoms with Gasteiger partial charge in [-0.2, -0.15) is 0 Å². The van der Waals surface area contributed by atoms with Gasteiger partial charge in [0.05, 0.1) is 18.5 Å². The Morgan fingerprint density at radius 1 is 1.67 bits per heavy atom. The van der Waals surface area contributed by atoms with E-state index in [1.54, 1.807) is 13.8 Å². The lowest BCUT2D eigenvalue weighted by atomic mass is 10.1. The Morgan fingerprint density at radius 3 is 3.06 bits per heavy atom. The normalized spacial score (nSPS) is 12.6. The molecule has 0 spiro atoms. The van der Waals surface area contributed by atoms with Gasteiger partial charge in [-0.15, -0.1) is 0 Å². The SMILES string of the molecule is Cc1oc2nc[nH]c(=O)c2c1C(=O)NC(C)CO. The predicted octanol–water partition coefficient (Wildman–Crippen LogP) is -0.0649. The van der Waals surface area contributed by atoms with Crippen LogP contribution in [-0.2, 0) is 0 Å². The number of nitrogens with one attached hydrogen (secondary N) is 2. The molecule has 0 aliphatic rings. The van der Waals surface area contributed by atoms with E-state index in [1.807, 2.05) is 0 Å². The Bertz CT molecular complexity index is 643. The van der Waals surface area contributed by atoms with Crippen LogP contribution in [0.3, 0.4) is 0 Å². The van der Waals surface area contributed by atoms with E-state index in [9.17, 15) is 9.59 Å². The van der Waals surface area contributed by atoms with Crippen molar-refractivity contribution in [2.45, 2.75) is 19.9 Å². The quantitative estimate of drug-likeness (QED) is 0.708. The minimum absolute atomic E-state index is 0.123. The molecule has 3 N–H and O–H groups in total. The fourth-order valence-electron chi connectivity index (χ4n) is 1.67. The number of aryl methyl sites for hydroxylation is 1. The van der Waals surface area contributed by atoms with Crippen molar-refractivity contribution >= 4 is 17.0 Å². The average molecular weight is 251 g/mol. The van der Waals surface area contributed by atoms with Crippen LogP contribution in [-0.4, -0.2) is 33.6 Å². The summed E-state index contributed by atoms with van der Waals surface area (Å²) >= 11 is 0. The van der Waals surface area contributed by atoms with Gasteiger partial charge in [-0.05, 0) is 13.8 Å². The minimum Gasteiger partial charge on any atom is -0.442 e. The first kappa shape index (κ1) is 12.3. The number of carbonyl (C=O) groups is 1. The lowest BCUT2D eigenvalue weighted by Crippen LogP contribution is -2.35. The van der Waals surface area contributed by atoms with E-state index in [-0.39, 0.29) is 23.3 Å². The summed E-state index contributed by atoms with van der Waals surface area (Å²) in [6.07, 6.45) is 1.21. The van der Waals surface area contributed by atoms with E-state index in [4.69, 9.17) is 9.52 Å². The first-order valence-electron chi connectivity index (χ1n) is 5.43. The van der Waals surface area contributed by atoms with Crippen molar-refractivity contribution in [2.75, 3.05) is 6.61 Å². The Balaban J connectivity index is 2.53. The summed E-state index contributed by atoms with van der Waals surface area (Å²) in [6, 6.07) is -0.405. The zero-order valence-electron chi connectivity index (χ0n) is 9.98. The number of hydrogen-bond acceptors (Lipinski definition) is 5. The zero-order valence-corrected chi connectivity index (χ0v) is 9.98. The number of furan rings is 1. The fourth-order valence-corrected chi connectivity index (χ4v) is 1.67. The van der Waals surface area contributed by atoms with Crippen molar-refractivity contribution in [3.05, 3.63) is 28.0 Å². The molecule has 2 rings (SSSR count). The van der Waals surface area contributed by atoms with Gasteiger partial charge in [-0.25, -0.2) is 4.98 Å². The van der Waals surface area contributed by atoms with Gasteiger partial charge in [0, 0.05) is 6.04 Å². The number of aromatic amines is 1. The van der Waals surface area contributed by atoms with E-state index in [0.717, 1.165) is 0 Å². The number of hydrogen-bond donors (Lipinski definition) is 3. The van der Waals surface area contributed by atoms with Crippen molar-refractivity contribution in [2.24, 2.45) is 0 Å². The van der Waals surface area contributed by atoms with Crippen LogP contribution in [0.1, 0.15) is 23.0 Å². The lowest BCUT2D eigenvalue weighted by molar-refractivity contribution is 0.0922. The molecule has 0 bridgehead atoms. The Kier molecular flexibility index (Phi) is 3.15. The van der Waals surface area contributed by atoms with Gasteiger partial charge in [0.2, 0.25) is 5.71 Å². The molecule has 0 aliphatic heterocycles. The fraction of sp³-hybridized carbons (Fsp3) is 0.364. The first-order chi connectivity index (χ1) is 8.54. The molecule has 7 heteroatoms. The van der Waals surface area contributed by atoms with Crippen molar-refractivity contribution in [1.29, 1.82) is 0 Å². The highest BCUT2D eigenvalue weighted by atomic mass is 16.3. The summed E-state index contributed by atoms with van der Waals surface area (Å²) < 4.78 is 5.26. The number of amides is 1. The van der Waals surface area contributed by atoms with Crippen LogP contribution in [0.5, 0.6) is 0 Å². The number of rotatable bonds is 3. The third kappa shape index (κ3) is 2.00. The molecule has 0 fully saturated rings. The van der Waals surface area contributed by atoms with Crippen LogP contribution in [0.25, 0.3) is 11.1 Å². The van der Waals surface area contributed by atoms with Gasteiger partial charge in [0.15, 0.2) is 0 Å². The molecule has 1 atom stereocenters. The van der Waals surface area contributed by atoms with Gasteiger partial charge in [-0.3, -0.25) is 9.59 Å². The minimum atomic E-state index is -0.466. The van der Waals surface area contributed by atoms with Crippen LogP contribution < -0.4 is 10.9 Å². The number of aliphatic hydroxyl groups is 1. The van der Waals surface area contributed by atoms with Crippen molar-refractivity contribution in [3.63, 3.8) is 0 Å². The highest BCUT2D eigenvalue weighted by Crippen LogP contribution is 2.20. The van der Waals surface area contributed by atoms with Crippen molar-refractivity contribution < 1.29 is 14.3 Å². The molecule has 0 aromatic carbocycles. The summed E-state index contributed by atoms with van der Waals surface area (Å²) in [7, 11) is 0. The van der Waals surface area contributed by atoms with E-state index in [2.05, 4.69) is 15.3 Å². The third-order valence-corrected chi connectivity index (χ3v) is 2.55. The second kappa shape index (κ2) is 4.61. The smallest absolute Gasteiger partial charge is 0.262 e. The van der Waals surface area contributed by atoms with Gasteiger partial charge in [-0.1, -0.05) is 0 Å². The molecule has 0 saturated carbocycles. The highest BCUT2D eigenvalue weighted by Gasteiger charge is 2.22. The van der Waals surface area contributed by atoms with Crippen LogP contribution >= 0.6 is 0 Å². The molecule has 2 aromatic rings. The van der Waals surface area contributed by atoms with Gasteiger partial charge in [0.25, 0.3) is 11.5 Å². The largest absolute Gasteiger partial charge is 0.442 e. The van der Waals surface area contributed by atoms with E-state index in [1.165, 1.54) is 6.33 Å². The van der Waals surface area contributed by atoms with Crippen LogP contribution in [0.2, 0.25) is 0 Å². The molecule has 18 heavy (non-hydrogen) atoms. The van der Waals surface area contributed by atoms with E-state index in [0.29, 0.717) is 5.76 Å². The topological polar surface area (TPSA) is 108 Å². The van der Waals surface area contributed by atoms with Gasteiger partial charge >= 0.3 is 0 Å². The average Bonchev–Trinajstić information content (AvgIpc) is 2.66. The molecule has 0 saturated heterocycles. The molecular weight excluding hydrogens is 238 g/mol. The Labute approximate surface area is 102 Å². The lowest BCUT2D eigenvalue weighted by Gasteiger charge is -2.09. The van der Waals surface area contributed by atoms with Crippen molar-refractivity contribution in [1.82, 2.24) is 15.3 Å². The molecule has 2 heterocycles.